The van der Waals surface area contributed by atoms with Crippen LogP contribution in [0.5, 0.6) is 0 Å². The molecule has 0 aromatic carbocycles. The Bertz CT molecular complexity index is 290. The summed E-state index contributed by atoms with van der Waals surface area (Å²) in [4.78, 5) is 13.7. The van der Waals surface area contributed by atoms with Crippen molar-refractivity contribution < 1.29 is 9.90 Å². The molecule has 3 atom stereocenters. The topological polar surface area (TPSA) is 66.6 Å². The Kier molecular flexibility index (Phi) is 3.89. The lowest BCUT2D eigenvalue weighted by atomic mass is 9.97. The van der Waals surface area contributed by atoms with Crippen molar-refractivity contribution in [1.82, 2.24) is 4.90 Å². The first-order valence-electron chi connectivity index (χ1n) is 5.71. The molecule has 5 heteroatoms. The monoisotopic (exact) mass is 242 g/mol. The lowest BCUT2D eigenvalue weighted by Crippen LogP contribution is -2.51. The normalized spacial score (nSPS) is 28.4. The minimum Gasteiger partial charge on any atom is -0.390 e. The maximum absolute atomic E-state index is 12.0. The van der Waals surface area contributed by atoms with Gasteiger partial charge in [-0.05, 0) is 18.2 Å². The van der Waals surface area contributed by atoms with E-state index in [2.05, 4.69) is 0 Å². The molecule has 2 aliphatic rings. The Morgan fingerprint density at radius 3 is 2.75 bits per heavy atom. The Morgan fingerprint density at radius 1 is 1.50 bits per heavy atom. The second-order valence-corrected chi connectivity index (χ2v) is 5.31. The molecule has 2 rings (SSSR count). The number of thioether (sulfide) groups is 1. The van der Waals surface area contributed by atoms with Crippen LogP contribution in [0.1, 0.15) is 12.8 Å². The van der Waals surface area contributed by atoms with Crippen molar-refractivity contribution in [3.8, 4) is 0 Å². The van der Waals surface area contributed by atoms with Gasteiger partial charge in [-0.15, -0.1) is 11.8 Å². The summed E-state index contributed by atoms with van der Waals surface area (Å²) in [5, 5.41) is 12.0. The molecular formula is C11H18N2O2S. The second-order valence-electron chi connectivity index (χ2n) is 4.37. The van der Waals surface area contributed by atoms with E-state index in [4.69, 9.17) is 5.73 Å². The summed E-state index contributed by atoms with van der Waals surface area (Å²) < 4.78 is 0. The van der Waals surface area contributed by atoms with Gasteiger partial charge in [0.25, 0.3) is 0 Å². The summed E-state index contributed by atoms with van der Waals surface area (Å²) in [6, 6.07) is -0.772. The smallest absolute Gasteiger partial charge is 0.242 e. The van der Waals surface area contributed by atoms with E-state index in [0.717, 1.165) is 31.7 Å². The molecule has 1 fully saturated rings. The number of carbonyl (C=O) groups is 1. The third-order valence-corrected chi connectivity index (χ3v) is 4.15. The zero-order chi connectivity index (χ0) is 11.5. The number of nitrogens with zero attached hydrogens (tertiary/aromatic N) is 1. The first-order valence-corrected chi connectivity index (χ1v) is 6.76. The van der Waals surface area contributed by atoms with Gasteiger partial charge < -0.3 is 15.7 Å². The van der Waals surface area contributed by atoms with Gasteiger partial charge in [0.05, 0.1) is 6.10 Å². The van der Waals surface area contributed by atoms with Crippen LogP contribution in [0, 0.1) is 5.92 Å². The lowest BCUT2D eigenvalue weighted by Gasteiger charge is -2.26. The number of carbonyl (C=O) groups excluding carboxylic acids is 1. The van der Waals surface area contributed by atoms with Gasteiger partial charge in [0.2, 0.25) is 5.91 Å². The number of likely N-dealkylation sites (tertiary alicyclic amines) is 1. The molecule has 1 unspecified atom stereocenters. The van der Waals surface area contributed by atoms with E-state index >= 15 is 0 Å². The van der Waals surface area contributed by atoms with Gasteiger partial charge in [0.15, 0.2) is 0 Å². The molecule has 0 saturated carbocycles. The van der Waals surface area contributed by atoms with Crippen LogP contribution in [0.25, 0.3) is 0 Å². The predicted molar refractivity (Wildman–Crippen MR) is 64.9 cm³/mol. The van der Waals surface area contributed by atoms with Gasteiger partial charge in [-0.1, -0.05) is 6.08 Å². The molecule has 2 aliphatic heterocycles. The predicted octanol–water partition coefficient (Wildman–Crippen LogP) is 0.174. The highest BCUT2D eigenvalue weighted by atomic mass is 32.2. The van der Waals surface area contributed by atoms with Crippen LogP contribution in [-0.2, 0) is 4.79 Å². The molecule has 4 nitrogen and oxygen atoms in total. The number of hydrogen-bond acceptors (Lipinski definition) is 4. The van der Waals surface area contributed by atoms with Crippen molar-refractivity contribution in [2.45, 2.75) is 25.0 Å². The number of hydrogen-bond donors (Lipinski definition) is 2. The quantitative estimate of drug-likeness (QED) is 0.740. The molecule has 0 spiro atoms. The number of nitrogens with two attached hydrogens (primary N) is 1. The molecule has 90 valence electrons. The molecular weight excluding hydrogens is 224 g/mol. The van der Waals surface area contributed by atoms with E-state index in [-0.39, 0.29) is 11.8 Å². The summed E-state index contributed by atoms with van der Waals surface area (Å²) in [5.74, 6) is 0.740. The molecule has 0 aliphatic carbocycles. The Hall–Kier alpha value is -0.520. The van der Waals surface area contributed by atoms with Gasteiger partial charge in [0.1, 0.15) is 6.04 Å². The fourth-order valence-electron chi connectivity index (χ4n) is 2.15. The van der Waals surface area contributed by atoms with E-state index in [1.807, 2.05) is 11.5 Å². The third-order valence-electron chi connectivity index (χ3n) is 3.22. The first-order chi connectivity index (χ1) is 7.70. The maximum Gasteiger partial charge on any atom is 0.242 e. The zero-order valence-corrected chi connectivity index (χ0v) is 10.0. The first kappa shape index (κ1) is 12.0. The standard InChI is InChI=1S/C11H18N2O2S/c12-9(10(14)8-3-6-16-7-8)11(15)13-4-1-2-5-13/h3,6,8-10,14H,1-2,4-5,7,12H2/t8?,9-,10+/m1/s1. The van der Waals surface area contributed by atoms with Gasteiger partial charge in [0, 0.05) is 24.8 Å². The lowest BCUT2D eigenvalue weighted by molar-refractivity contribution is -0.134. The number of rotatable bonds is 3. The number of aliphatic hydroxyl groups is 1. The molecule has 0 aromatic rings. The third kappa shape index (κ3) is 2.42. The Morgan fingerprint density at radius 2 is 2.19 bits per heavy atom. The summed E-state index contributed by atoms with van der Waals surface area (Å²) in [6.45, 7) is 1.57. The second kappa shape index (κ2) is 5.21. The Balaban J connectivity index is 1.92. The Labute approximate surface area is 99.9 Å². The van der Waals surface area contributed by atoms with Gasteiger partial charge in [-0.25, -0.2) is 0 Å². The summed E-state index contributed by atoms with van der Waals surface area (Å²) in [5.41, 5.74) is 5.84. The molecule has 2 heterocycles. The van der Waals surface area contributed by atoms with Crippen LogP contribution >= 0.6 is 11.8 Å². The van der Waals surface area contributed by atoms with E-state index in [1.54, 1.807) is 16.7 Å². The van der Waals surface area contributed by atoms with Crippen molar-refractivity contribution in [3.05, 3.63) is 11.5 Å². The minimum absolute atomic E-state index is 0.0200. The summed E-state index contributed by atoms with van der Waals surface area (Å²) >= 11 is 1.65. The van der Waals surface area contributed by atoms with Crippen molar-refractivity contribution >= 4 is 17.7 Å². The minimum atomic E-state index is -0.772. The van der Waals surface area contributed by atoms with Crippen LogP contribution in [-0.4, -0.2) is 46.9 Å². The van der Waals surface area contributed by atoms with Crippen LogP contribution in [0.3, 0.4) is 0 Å². The van der Waals surface area contributed by atoms with Crippen LogP contribution < -0.4 is 5.73 Å². The van der Waals surface area contributed by atoms with Crippen molar-refractivity contribution in [2.75, 3.05) is 18.8 Å². The molecule has 1 saturated heterocycles. The highest BCUT2D eigenvalue weighted by Crippen LogP contribution is 2.25. The van der Waals surface area contributed by atoms with E-state index in [1.165, 1.54) is 0 Å². The van der Waals surface area contributed by atoms with Crippen LogP contribution in [0.4, 0.5) is 0 Å². The molecule has 16 heavy (non-hydrogen) atoms. The van der Waals surface area contributed by atoms with Gasteiger partial charge in [-0.2, -0.15) is 0 Å². The fourth-order valence-corrected chi connectivity index (χ4v) is 3.11. The van der Waals surface area contributed by atoms with Crippen LogP contribution in [0.15, 0.2) is 11.5 Å². The fraction of sp³-hybridized carbons (Fsp3) is 0.727. The van der Waals surface area contributed by atoms with E-state index < -0.39 is 12.1 Å². The summed E-state index contributed by atoms with van der Waals surface area (Å²) in [7, 11) is 0. The van der Waals surface area contributed by atoms with E-state index in [0.29, 0.717) is 0 Å². The number of amides is 1. The number of aliphatic hydroxyl groups excluding tert-OH is 1. The van der Waals surface area contributed by atoms with Crippen LogP contribution in [0.2, 0.25) is 0 Å². The highest BCUT2D eigenvalue weighted by Gasteiger charge is 2.33. The van der Waals surface area contributed by atoms with Crippen molar-refractivity contribution in [2.24, 2.45) is 11.7 Å². The average Bonchev–Trinajstić information content (AvgIpc) is 2.97. The molecule has 1 amide bonds. The highest BCUT2D eigenvalue weighted by molar-refractivity contribution is 8.02. The van der Waals surface area contributed by atoms with Crippen molar-refractivity contribution in [3.63, 3.8) is 0 Å². The molecule has 0 aromatic heterocycles. The summed E-state index contributed by atoms with van der Waals surface area (Å²) in [6.07, 6.45) is 3.29. The van der Waals surface area contributed by atoms with Crippen molar-refractivity contribution in [1.29, 1.82) is 0 Å². The average molecular weight is 242 g/mol. The molecule has 0 radical (unpaired) electrons. The molecule has 3 N–H and O–H groups in total. The largest absolute Gasteiger partial charge is 0.390 e. The zero-order valence-electron chi connectivity index (χ0n) is 9.21. The van der Waals surface area contributed by atoms with E-state index in [9.17, 15) is 9.90 Å². The van der Waals surface area contributed by atoms with Gasteiger partial charge in [-0.3, -0.25) is 4.79 Å². The molecule has 0 bridgehead atoms. The maximum atomic E-state index is 12.0. The SMILES string of the molecule is N[C@@H](C(=O)N1CCCC1)[C@@H](O)C1C=CSC1. The van der Waals surface area contributed by atoms with Gasteiger partial charge >= 0.3 is 0 Å².